The van der Waals surface area contributed by atoms with E-state index in [1.54, 1.807) is 11.3 Å². The summed E-state index contributed by atoms with van der Waals surface area (Å²) in [5, 5.41) is 4.96. The molecule has 1 heterocycles. The fraction of sp³-hybridized carbons (Fsp3) is 0.417. The number of rotatable bonds is 4. The van der Waals surface area contributed by atoms with E-state index in [0.717, 1.165) is 12.0 Å². The molecule has 0 saturated heterocycles. The third-order valence-electron chi connectivity index (χ3n) is 2.25. The van der Waals surface area contributed by atoms with E-state index >= 15 is 0 Å². The van der Waals surface area contributed by atoms with Crippen molar-refractivity contribution in [3.8, 4) is 0 Å². The zero-order valence-corrected chi connectivity index (χ0v) is 10.3. The number of carbonyl (C=O) groups is 1. The van der Waals surface area contributed by atoms with Gasteiger partial charge in [0.2, 0.25) is 5.91 Å². The van der Waals surface area contributed by atoms with Crippen LogP contribution in [0.15, 0.2) is 23.1 Å². The van der Waals surface area contributed by atoms with Gasteiger partial charge in [0, 0.05) is 10.5 Å². The van der Waals surface area contributed by atoms with Crippen molar-refractivity contribution in [2.45, 2.75) is 33.7 Å². The van der Waals surface area contributed by atoms with Gasteiger partial charge in [-0.15, -0.1) is 11.3 Å². The molecule has 0 fully saturated rings. The maximum Gasteiger partial charge on any atom is 0.246 e. The molecule has 0 bridgehead atoms. The van der Waals surface area contributed by atoms with Crippen LogP contribution in [0.3, 0.4) is 0 Å². The molecule has 0 aliphatic carbocycles. The molecule has 2 nitrogen and oxygen atoms in total. The van der Waals surface area contributed by atoms with Crippen LogP contribution < -0.4 is 5.32 Å². The van der Waals surface area contributed by atoms with E-state index in [-0.39, 0.29) is 5.91 Å². The van der Waals surface area contributed by atoms with Crippen molar-refractivity contribution in [2.24, 2.45) is 0 Å². The molecule has 0 radical (unpaired) electrons. The maximum absolute atomic E-state index is 11.6. The number of hydrogen-bond acceptors (Lipinski definition) is 2. The Hall–Kier alpha value is -1.09. The molecule has 1 rings (SSSR count). The lowest BCUT2D eigenvalue weighted by molar-refractivity contribution is -0.117. The normalized spacial score (nSPS) is 11.5. The van der Waals surface area contributed by atoms with Gasteiger partial charge >= 0.3 is 0 Å². The minimum absolute atomic E-state index is 0.0321. The minimum atomic E-state index is 0.0321. The van der Waals surface area contributed by atoms with Gasteiger partial charge in [-0.2, -0.15) is 0 Å². The molecule has 82 valence electrons. The fourth-order valence-corrected chi connectivity index (χ4v) is 2.13. The van der Waals surface area contributed by atoms with E-state index in [0.29, 0.717) is 6.54 Å². The van der Waals surface area contributed by atoms with Crippen molar-refractivity contribution in [2.75, 3.05) is 0 Å². The maximum atomic E-state index is 11.6. The molecular weight excluding hydrogens is 206 g/mol. The Labute approximate surface area is 95.0 Å². The lowest BCUT2D eigenvalue weighted by Crippen LogP contribution is -2.23. The number of aryl methyl sites for hydroxylation is 1. The van der Waals surface area contributed by atoms with E-state index in [4.69, 9.17) is 0 Å². The second-order valence-corrected chi connectivity index (χ2v) is 4.51. The van der Waals surface area contributed by atoms with E-state index < -0.39 is 0 Å². The van der Waals surface area contributed by atoms with Crippen molar-refractivity contribution in [1.82, 2.24) is 5.32 Å². The van der Waals surface area contributed by atoms with E-state index in [1.807, 2.05) is 25.3 Å². The predicted octanol–water partition coefficient (Wildman–Crippen LogP) is 3.03. The molecule has 0 aromatic carbocycles. The highest BCUT2D eigenvalue weighted by Crippen LogP contribution is 2.14. The van der Waals surface area contributed by atoms with Crippen LogP contribution in [0.2, 0.25) is 0 Å². The molecule has 15 heavy (non-hydrogen) atoms. The molecule has 1 aromatic heterocycles. The van der Waals surface area contributed by atoms with Crippen LogP contribution >= 0.6 is 11.3 Å². The first kappa shape index (κ1) is 12.0. The summed E-state index contributed by atoms with van der Waals surface area (Å²) in [4.78, 5) is 12.8. The monoisotopic (exact) mass is 223 g/mol. The van der Waals surface area contributed by atoms with Crippen LogP contribution in [0.25, 0.3) is 0 Å². The number of allylic oxidation sites excluding steroid dienone is 1. The molecule has 0 aliphatic heterocycles. The summed E-state index contributed by atoms with van der Waals surface area (Å²) in [5.41, 5.74) is 2.05. The van der Waals surface area contributed by atoms with Gasteiger partial charge in [-0.05, 0) is 37.3 Å². The van der Waals surface area contributed by atoms with Crippen molar-refractivity contribution >= 4 is 17.2 Å². The Morgan fingerprint density at radius 1 is 1.60 bits per heavy atom. The van der Waals surface area contributed by atoms with Gasteiger partial charge in [0.15, 0.2) is 0 Å². The summed E-state index contributed by atoms with van der Waals surface area (Å²) in [7, 11) is 0. The van der Waals surface area contributed by atoms with Crippen LogP contribution in [0.5, 0.6) is 0 Å². The average Bonchev–Trinajstić information content (AvgIpc) is 2.61. The summed E-state index contributed by atoms with van der Waals surface area (Å²) < 4.78 is 0. The van der Waals surface area contributed by atoms with Gasteiger partial charge in [0.1, 0.15) is 0 Å². The summed E-state index contributed by atoms with van der Waals surface area (Å²) in [6.07, 6.45) is 2.84. The third-order valence-corrected chi connectivity index (χ3v) is 3.27. The van der Waals surface area contributed by atoms with E-state index in [9.17, 15) is 4.79 Å². The number of carbonyl (C=O) groups excluding carboxylic acids is 1. The van der Waals surface area contributed by atoms with Gasteiger partial charge < -0.3 is 5.32 Å². The Morgan fingerprint density at radius 2 is 2.33 bits per heavy atom. The zero-order valence-electron chi connectivity index (χ0n) is 9.46. The first-order valence-electron chi connectivity index (χ1n) is 5.13. The zero-order chi connectivity index (χ0) is 11.3. The number of thiophene rings is 1. The van der Waals surface area contributed by atoms with Gasteiger partial charge in [0.05, 0.1) is 6.54 Å². The molecule has 0 saturated carbocycles. The summed E-state index contributed by atoms with van der Waals surface area (Å²) in [6.45, 7) is 6.57. The van der Waals surface area contributed by atoms with E-state index in [2.05, 4.69) is 18.3 Å². The standard InChI is InChI=1S/C12H17NOS/c1-4-5-10(3)12(14)13-8-11-9(2)6-7-15-11/h5-7H,4,8H2,1-3H3,(H,13,14). The van der Waals surface area contributed by atoms with Crippen molar-refractivity contribution in [3.05, 3.63) is 33.5 Å². The highest BCUT2D eigenvalue weighted by atomic mass is 32.1. The lowest BCUT2D eigenvalue weighted by Gasteiger charge is -2.04. The number of amides is 1. The second kappa shape index (κ2) is 5.71. The Morgan fingerprint density at radius 3 is 2.87 bits per heavy atom. The molecular formula is C12H17NOS. The molecule has 0 spiro atoms. The molecule has 0 aliphatic rings. The minimum Gasteiger partial charge on any atom is -0.347 e. The first-order chi connectivity index (χ1) is 7.15. The van der Waals surface area contributed by atoms with Gasteiger partial charge in [-0.25, -0.2) is 0 Å². The topological polar surface area (TPSA) is 29.1 Å². The summed E-state index contributed by atoms with van der Waals surface area (Å²) >= 11 is 1.68. The smallest absolute Gasteiger partial charge is 0.246 e. The number of nitrogens with one attached hydrogen (secondary N) is 1. The quantitative estimate of drug-likeness (QED) is 0.781. The van der Waals surface area contributed by atoms with Crippen LogP contribution in [0.4, 0.5) is 0 Å². The van der Waals surface area contributed by atoms with Crippen molar-refractivity contribution in [3.63, 3.8) is 0 Å². The van der Waals surface area contributed by atoms with Crippen LogP contribution in [0.1, 0.15) is 30.7 Å². The van der Waals surface area contributed by atoms with Crippen LogP contribution in [-0.2, 0) is 11.3 Å². The Kier molecular flexibility index (Phi) is 4.56. The third kappa shape index (κ3) is 3.51. The highest BCUT2D eigenvalue weighted by Gasteiger charge is 2.04. The van der Waals surface area contributed by atoms with E-state index in [1.165, 1.54) is 10.4 Å². The SMILES string of the molecule is CCC=C(C)C(=O)NCc1sccc1C. The summed E-state index contributed by atoms with van der Waals surface area (Å²) in [6, 6.07) is 2.07. The largest absolute Gasteiger partial charge is 0.347 e. The molecule has 3 heteroatoms. The molecule has 0 unspecified atom stereocenters. The Bertz CT molecular complexity index is 365. The van der Waals surface area contributed by atoms with Crippen LogP contribution in [-0.4, -0.2) is 5.91 Å². The Balaban J connectivity index is 2.48. The molecule has 1 amide bonds. The predicted molar refractivity (Wildman–Crippen MR) is 65.0 cm³/mol. The number of hydrogen-bond donors (Lipinski definition) is 1. The highest BCUT2D eigenvalue weighted by molar-refractivity contribution is 7.10. The molecule has 0 atom stereocenters. The molecule has 1 N–H and O–H groups in total. The second-order valence-electron chi connectivity index (χ2n) is 3.50. The fourth-order valence-electron chi connectivity index (χ4n) is 1.28. The molecule has 1 aromatic rings. The van der Waals surface area contributed by atoms with Gasteiger partial charge in [0.25, 0.3) is 0 Å². The van der Waals surface area contributed by atoms with Crippen LogP contribution in [0, 0.1) is 6.92 Å². The summed E-state index contributed by atoms with van der Waals surface area (Å²) in [5.74, 6) is 0.0321. The lowest BCUT2D eigenvalue weighted by atomic mass is 10.2. The van der Waals surface area contributed by atoms with Gasteiger partial charge in [-0.3, -0.25) is 4.79 Å². The van der Waals surface area contributed by atoms with Gasteiger partial charge in [-0.1, -0.05) is 13.0 Å². The van der Waals surface area contributed by atoms with Crippen molar-refractivity contribution < 1.29 is 4.79 Å². The average molecular weight is 223 g/mol. The van der Waals surface area contributed by atoms with Crippen molar-refractivity contribution in [1.29, 1.82) is 0 Å². The first-order valence-corrected chi connectivity index (χ1v) is 6.01.